The predicted molar refractivity (Wildman–Crippen MR) is 99.1 cm³/mol. The first-order chi connectivity index (χ1) is 12.4. The molecule has 0 saturated carbocycles. The molecular weight excluding hydrogens is 354 g/mol. The molecule has 1 amide bonds. The van der Waals surface area contributed by atoms with Gasteiger partial charge in [-0.3, -0.25) is 9.78 Å². The summed E-state index contributed by atoms with van der Waals surface area (Å²) in [7, 11) is -3.09. The Morgan fingerprint density at radius 1 is 1.12 bits per heavy atom. The maximum absolute atomic E-state index is 12.4. The minimum Gasteiger partial charge on any atom is -0.492 e. The Morgan fingerprint density at radius 3 is 2.65 bits per heavy atom. The number of aromatic nitrogens is 2. The van der Waals surface area contributed by atoms with Gasteiger partial charge in [-0.05, 0) is 24.3 Å². The molecule has 134 valence electrons. The number of ether oxygens (including phenoxy) is 1. The first kappa shape index (κ1) is 17.8. The molecule has 8 heteroatoms. The average Bonchev–Trinajstić information content (AvgIpc) is 2.60. The molecule has 0 unspecified atom stereocenters. The van der Waals surface area contributed by atoms with Crippen LogP contribution in [0.1, 0.15) is 10.5 Å². The predicted octanol–water partition coefficient (Wildman–Crippen LogP) is 2.31. The smallest absolute Gasteiger partial charge is 0.275 e. The topological polar surface area (TPSA) is 98.2 Å². The lowest BCUT2D eigenvalue weighted by atomic mass is 10.2. The van der Waals surface area contributed by atoms with Crippen LogP contribution in [0.2, 0.25) is 0 Å². The second-order valence-electron chi connectivity index (χ2n) is 5.70. The van der Waals surface area contributed by atoms with Crippen LogP contribution in [0.25, 0.3) is 11.0 Å². The van der Waals surface area contributed by atoms with Gasteiger partial charge in [0.15, 0.2) is 9.84 Å². The molecular formula is C18H17N3O4S. The van der Waals surface area contributed by atoms with Crippen LogP contribution in [0.4, 0.5) is 5.69 Å². The summed E-state index contributed by atoms with van der Waals surface area (Å²) in [6.45, 7) is 0.0480. The number of rotatable bonds is 6. The van der Waals surface area contributed by atoms with E-state index >= 15 is 0 Å². The highest BCUT2D eigenvalue weighted by Crippen LogP contribution is 2.18. The molecule has 3 rings (SSSR count). The van der Waals surface area contributed by atoms with Crippen molar-refractivity contribution in [3.05, 3.63) is 60.4 Å². The third kappa shape index (κ3) is 4.76. The minimum absolute atomic E-state index is 0.0480. The molecule has 2 aromatic carbocycles. The van der Waals surface area contributed by atoms with Gasteiger partial charge in [-0.15, -0.1) is 0 Å². The van der Waals surface area contributed by atoms with Crippen LogP contribution in [0.3, 0.4) is 0 Å². The van der Waals surface area contributed by atoms with E-state index in [-0.39, 0.29) is 18.1 Å². The van der Waals surface area contributed by atoms with Gasteiger partial charge in [0.2, 0.25) is 0 Å². The summed E-state index contributed by atoms with van der Waals surface area (Å²) in [5.41, 5.74) is 2.07. The fraction of sp³-hybridized carbons (Fsp3) is 0.167. The van der Waals surface area contributed by atoms with Crippen LogP contribution in [0.15, 0.2) is 54.7 Å². The fourth-order valence-corrected chi connectivity index (χ4v) is 2.62. The highest BCUT2D eigenvalue weighted by Gasteiger charge is 2.10. The normalized spacial score (nSPS) is 11.3. The van der Waals surface area contributed by atoms with Crippen molar-refractivity contribution in [2.24, 2.45) is 0 Å². The first-order valence-corrected chi connectivity index (χ1v) is 9.90. The van der Waals surface area contributed by atoms with E-state index in [9.17, 15) is 13.2 Å². The molecule has 0 fully saturated rings. The number of fused-ring (bicyclic) bond motifs is 1. The van der Waals surface area contributed by atoms with E-state index in [1.807, 2.05) is 18.2 Å². The molecule has 0 spiro atoms. The molecule has 26 heavy (non-hydrogen) atoms. The maximum Gasteiger partial charge on any atom is 0.275 e. The van der Waals surface area contributed by atoms with Gasteiger partial charge in [-0.25, -0.2) is 13.4 Å². The van der Waals surface area contributed by atoms with Gasteiger partial charge in [0, 0.05) is 18.0 Å². The lowest BCUT2D eigenvalue weighted by Crippen LogP contribution is -2.14. The number of amides is 1. The summed E-state index contributed by atoms with van der Waals surface area (Å²) in [5, 5.41) is 2.73. The van der Waals surface area contributed by atoms with Gasteiger partial charge in [0.05, 0.1) is 23.0 Å². The molecule has 1 aromatic heterocycles. The lowest BCUT2D eigenvalue weighted by molar-refractivity contribution is 0.102. The Kier molecular flexibility index (Phi) is 5.13. The average molecular weight is 371 g/mol. The molecule has 7 nitrogen and oxygen atoms in total. The first-order valence-electron chi connectivity index (χ1n) is 7.84. The number of carbonyl (C=O) groups excluding carboxylic acids is 1. The van der Waals surface area contributed by atoms with Crippen molar-refractivity contribution in [3.8, 4) is 5.75 Å². The van der Waals surface area contributed by atoms with E-state index in [1.165, 1.54) is 6.20 Å². The van der Waals surface area contributed by atoms with E-state index in [0.29, 0.717) is 22.5 Å². The van der Waals surface area contributed by atoms with Crippen molar-refractivity contribution in [1.29, 1.82) is 0 Å². The van der Waals surface area contributed by atoms with Gasteiger partial charge >= 0.3 is 0 Å². The molecule has 1 N–H and O–H groups in total. The molecule has 0 atom stereocenters. The number of nitrogens with one attached hydrogen (secondary N) is 1. The van der Waals surface area contributed by atoms with E-state index < -0.39 is 15.7 Å². The van der Waals surface area contributed by atoms with Gasteiger partial charge in [0.25, 0.3) is 5.91 Å². The molecule has 0 aliphatic rings. The second-order valence-corrected chi connectivity index (χ2v) is 7.96. The maximum atomic E-state index is 12.4. The summed E-state index contributed by atoms with van der Waals surface area (Å²) < 4.78 is 27.7. The van der Waals surface area contributed by atoms with Crippen LogP contribution < -0.4 is 10.1 Å². The highest BCUT2D eigenvalue weighted by atomic mass is 32.2. The van der Waals surface area contributed by atoms with E-state index in [1.54, 1.807) is 30.3 Å². The second kappa shape index (κ2) is 7.49. The van der Waals surface area contributed by atoms with Crippen molar-refractivity contribution in [1.82, 2.24) is 9.97 Å². The molecule has 0 saturated heterocycles. The summed E-state index contributed by atoms with van der Waals surface area (Å²) in [6.07, 6.45) is 2.57. The molecule has 1 heterocycles. The van der Waals surface area contributed by atoms with E-state index in [2.05, 4.69) is 15.3 Å². The monoisotopic (exact) mass is 371 g/mol. The zero-order valence-electron chi connectivity index (χ0n) is 14.0. The Morgan fingerprint density at radius 2 is 1.88 bits per heavy atom. The number of sulfone groups is 1. The zero-order chi connectivity index (χ0) is 18.6. The minimum atomic E-state index is -3.09. The van der Waals surface area contributed by atoms with Crippen molar-refractivity contribution in [2.45, 2.75) is 0 Å². The Balaban J connectivity index is 1.69. The highest BCUT2D eigenvalue weighted by molar-refractivity contribution is 7.90. The van der Waals surface area contributed by atoms with Crippen molar-refractivity contribution in [3.63, 3.8) is 0 Å². The molecule has 3 aromatic rings. The summed E-state index contributed by atoms with van der Waals surface area (Å²) >= 11 is 0. The number of benzene rings is 2. The van der Waals surface area contributed by atoms with E-state index in [0.717, 1.165) is 6.26 Å². The zero-order valence-corrected chi connectivity index (χ0v) is 14.9. The molecule has 0 aliphatic heterocycles. The quantitative estimate of drug-likeness (QED) is 0.714. The van der Waals surface area contributed by atoms with Gasteiger partial charge in [-0.1, -0.05) is 18.2 Å². The summed E-state index contributed by atoms with van der Waals surface area (Å²) in [5.74, 6) is 0.00332. The van der Waals surface area contributed by atoms with Crippen LogP contribution in [0, 0.1) is 0 Å². The Labute approximate surface area is 151 Å². The number of hydrogen-bond acceptors (Lipinski definition) is 6. The Hall–Kier alpha value is -3.00. The summed E-state index contributed by atoms with van der Waals surface area (Å²) in [6, 6.07) is 14.0. The van der Waals surface area contributed by atoms with Crippen molar-refractivity contribution < 1.29 is 17.9 Å². The lowest BCUT2D eigenvalue weighted by Gasteiger charge is -2.09. The Bertz CT molecular complexity index is 1050. The van der Waals surface area contributed by atoms with Crippen LogP contribution in [-0.4, -0.2) is 42.9 Å². The van der Waals surface area contributed by atoms with Gasteiger partial charge in [-0.2, -0.15) is 0 Å². The van der Waals surface area contributed by atoms with Gasteiger partial charge < -0.3 is 10.1 Å². The number of nitrogens with zero attached hydrogens (tertiary/aromatic N) is 2. The SMILES string of the molecule is CS(=O)(=O)CCOc1cccc(NC(=O)c2cnc3ccccc3n2)c1. The molecule has 0 radical (unpaired) electrons. The fourth-order valence-electron chi connectivity index (χ4n) is 2.24. The largest absolute Gasteiger partial charge is 0.492 e. The van der Waals surface area contributed by atoms with Crippen molar-refractivity contribution >= 4 is 32.5 Å². The number of anilines is 1. The molecule has 0 bridgehead atoms. The van der Waals surface area contributed by atoms with Crippen LogP contribution in [-0.2, 0) is 9.84 Å². The number of hydrogen-bond donors (Lipinski definition) is 1. The van der Waals surface area contributed by atoms with Crippen molar-refractivity contribution in [2.75, 3.05) is 23.9 Å². The number of para-hydroxylation sites is 2. The van der Waals surface area contributed by atoms with Crippen LogP contribution >= 0.6 is 0 Å². The third-order valence-electron chi connectivity index (χ3n) is 3.50. The summed E-state index contributed by atoms with van der Waals surface area (Å²) in [4.78, 5) is 20.9. The standard InChI is InChI=1S/C18H17N3O4S/c1-26(23,24)10-9-25-14-6-4-5-13(11-14)20-18(22)17-12-19-15-7-2-3-8-16(15)21-17/h2-8,11-12H,9-10H2,1H3,(H,20,22). The van der Waals surface area contributed by atoms with E-state index in [4.69, 9.17) is 4.74 Å². The molecule has 0 aliphatic carbocycles. The van der Waals surface area contributed by atoms with Gasteiger partial charge in [0.1, 0.15) is 18.1 Å². The number of carbonyl (C=O) groups is 1. The third-order valence-corrected chi connectivity index (χ3v) is 4.40. The van der Waals surface area contributed by atoms with Crippen LogP contribution in [0.5, 0.6) is 5.75 Å².